The summed E-state index contributed by atoms with van der Waals surface area (Å²) in [4.78, 5) is 23.0. The minimum Gasteiger partial charge on any atom is -0.492 e. The summed E-state index contributed by atoms with van der Waals surface area (Å²) < 4.78 is 10.1. The molecular formula is C19H20Cl2N2O4. The summed E-state index contributed by atoms with van der Waals surface area (Å²) in [5.41, 5.74) is 1.54. The normalized spacial score (nSPS) is 10.2. The Bertz CT molecular complexity index is 782. The molecule has 0 unspecified atom stereocenters. The summed E-state index contributed by atoms with van der Waals surface area (Å²) >= 11 is 11.8. The van der Waals surface area contributed by atoms with E-state index in [9.17, 15) is 9.59 Å². The highest BCUT2D eigenvalue weighted by molar-refractivity contribution is 6.35. The number of benzene rings is 2. The molecule has 0 radical (unpaired) electrons. The molecule has 2 aromatic carbocycles. The van der Waals surface area contributed by atoms with E-state index in [4.69, 9.17) is 27.9 Å². The summed E-state index contributed by atoms with van der Waals surface area (Å²) in [6.45, 7) is 0.782. The van der Waals surface area contributed by atoms with Gasteiger partial charge in [0.25, 0.3) is 0 Å². The Morgan fingerprint density at radius 1 is 1.07 bits per heavy atom. The third-order valence-corrected chi connectivity index (χ3v) is 4.11. The quantitative estimate of drug-likeness (QED) is 0.621. The molecule has 144 valence electrons. The lowest BCUT2D eigenvalue weighted by atomic mass is 10.2. The van der Waals surface area contributed by atoms with E-state index in [0.717, 1.165) is 5.56 Å². The molecule has 0 heterocycles. The number of rotatable bonds is 8. The van der Waals surface area contributed by atoms with Crippen molar-refractivity contribution in [3.05, 3.63) is 58.1 Å². The van der Waals surface area contributed by atoms with Crippen LogP contribution in [0.5, 0.6) is 5.75 Å². The Kier molecular flexibility index (Phi) is 8.23. The van der Waals surface area contributed by atoms with Gasteiger partial charge >= 0.3 is 6.09 Å². The van der Waals surface area contributed by atoms with Crippen molar-refractivity contribution in [2.75, 3.05) is 19.0 Å². The first-order chi connectivity index (χ1) is 13.0. The maximum atomic E-state index is 11.9. The Morgan fingerprint density at radius 2 is 1.81 bits per heavy atom. The van der Waals surface area contributed by atoms with Crippen LogP contribution in [-0.2, 0) is 16.1 Å². The highest BCUT2D eigenvalue weighted by atomic mass is 35.5. The van der Waals surface area contributed by atoms with E-state index in [1.165, 1.54) is 7.11 Å². The van der Waals surface area contributed by atoms with Crippen molar-refractivity contribution in [1.29, 1.82) is 0 Å². The zero-order chi connectivity index (χ0) is 19.6. The third-order valence-electron chi connectivity index (χ3n) is 3.58. The van der Waals surface area contributed by atoms with E-state index >= 15 is 0 Å². The first kappa shape index (κ1) is 20.9. The number of amides is 2. The first-order valence-corrected chi connectivity index (χ1v) is 9.02. The van der Waals surface area contributed by atoms with Gasteiger partial charge in [-0.05, 0) is 42.3 Å². The first-order valence-electron chi connectivity index (χ1n) is 8.26. The van der Waals surface area contributed by atoms with Gasteiger partial charge in [0.2, 0.25) is 5.91 Å². The summed E-state index contributed by atoms with van der Waals surface area (Å²) in [7, 11) is 1.30. The lowest BCUT2D eigenvalue weighted by Gasteiger charge is -2.09. The van der Waals surface area contributed by atoms with E-state index in [1.54, 1.807) is 30.3 Å². The predicted octanol–water partition coefficient (Wildman–Crippen LogP) is 4.65. The fraction of sp³-hybridized carbons (Fsp3) is 0.263. The van der Waals surface area contributed by atoms with Crippen LogP contribution in [0.1, 0.15) is 18.4 Å². The molecule has 0 aliphatic heterocycles. The van der Waals surface area contributed by atoms with Crippen LogP contribution in [0.3, 0.4) is 0 Å². The topological polar surface area (TPSA) is 76.7 Å². The van der Waals surface area contributed by atoms with E-state index < -0.39 is 6.09 Å². The van der Waals surface area contributed by atoms with Gasteiger partial charge < -0.3 is 14.8 Å². The number of carbonyl (C=O) groups excluding carboxylic acids is 2. The summed E-state index contributed by atoms with van der Waals surface area (Å²) in [6.07, 6.45) is 0.373. The number of nitrogens with one attached hydrogen (secondary N) is 2. The number of ether oxygens (including phenoxy) is 2. The van der Waals surface area contributed by atoms with Crippen LogP contribution in [0, 0.1) is 0 Å². The smallest absolute Gasteiger partial charge is 0.411 e. The molecule has 2 N–H and O–H groups in total. The van der Waals surface area contributed by atoms with Crippen molar-refractivity contribution in [3.63, 3.8) is 0 Å². The van der Waals surface area contributed by atoms with Crippen molar-refractivity contribution >= 4 is 40.9 Å². The Balaban J connectivity index is 1.66. The second-order valence-electron chi connectivity index (χ2n) is 5.62. The van der Waals surface area contributed by atoms with Crippen LogP contribution >= 0.6 is 23.2 Å². The molecular weight excluding hydrogens is 391 g/mol. The van der Waals surface area contributed by atoms with E-state index in [0.29, 0.717) is 47.5 Å². The van der Waals surface area contributed by atoms with Crippen LogP contribution in [0.25, 0.3) is 0 Å². The lowest BCUT2D eigenvalue weighted by Crippen LogP contribution is -2.23. The number of hydrogen-bond acceptors (Lipinski definition) is 4. The Morgan fingerprint density at radius 3 is 2.48 bits per heavy atom. The molecule has 0 saturated heterocycles. The highest BCUT2D eigenvalue weighted by Gasteiger charge is 2.05. The number of hydrogen-bond donors (Lipinski definition) is 2. The van der Waals surface area contributed by atoms with Crippen LogP contribution in [0.15, 0.2) is 42.5 Å². The molecule has 6 nitrogen and oxygen atoms in total. The second-order valence-corrected chi connectivity index (χ2v) is 6.46. The van der Waals surface area contributed by atoms with Crippen molar-refractivity contribution in [2.24, 2.45) is 0 Å². The van der Waals surface area contributed by atoms with Crippen molar-refractivity contribution < 1.29 is 19.1 Å². The Labute approximate surface area is 167 Å². The van der Waals surface area contributed by atoms with E-state index in [-0.39, 0.29) is 5.91 Å². The number of methoxy groups -OCH3 is 1. The SMILES string of the molecule is COC(=O)Nc1ccc(CNC(=O)CCCOc2ccc(Cl)cc2Cl)cc1. The number of halogens is 2. The second kappa shape index (κ2) is 10.6. The van der Waals surface area contributed by atoms with Gasteiger partial charge in [0, 0.05) is 23.7 Å². The van der Waals surface area contributed by atoms with Gasteiger partial charge in [0.05, 0.1) is 18.7 Å². The molecule has 0 aliphatic carbocycles. The standard InChI is InChI=1S/C19H20Cl2N2O4/c1-26-19(25)23-15-7-4-13(5-8-15)12-22-18(24)3-2-10-27-17-9-6-14(20)11-16(17)21/h4-9,11H,2-3,10,12H2,1H3,(H,22,24)(H,23,25). The molecule has 8 heteroatoms. The van der Waals surface area contributed by atoms with E-state index in [1.807, 2.05) is 12.1 Å². The molecule has 0 atom stereocenters. The Hall–Kier alpha value is -2.44. The minimum atomic E-state index is -0.529. The van der Waals surface area contributed by atoms with Gasteiger partial charge in [-0.25, -0.2) is 4.79 Å². The maximum absolute atomic E-state index is 11.9. The lowest BCUT2D eigenvalue weighted by molar-refractivity contribution is -0.121. The molecule has 0 fully saturated rings. The zero-order valence-corrected chi connectivity index (χ0v) is 16.3. The third kappa shape index (κ3) is 7.37. The molecule has 0 spiro atoms. The largest absolute Gasteiger partial charge is 0.492 e. The highest BCUT2D eigenvalue weighted by Crippen LogP contribution is 2.27. The zero-order valence-electron chi connectivity index (χ0n) is 14.8. The van der Waals surface area contributed by atoms with Gasteiger partial charge in [-0.15, -0.1) is 0 Å². The summed E-state index contributed by atoms with van der Waals surface area (Å²) in [5.74, 6) is 0.472. The van der Waals surface area contributed by atoms with E-state index in [2.05, 4.69) is 15.4 Å². The average Bonchev–Trinajstić information content (AvgIpc) is 2.66. The van der Waals surface area contributed by atoms with Crippen LogP contribution < -0.4 is 15.4 Å². The fourth-order valence-electron chi connectivity index (χ4n) is 2.17. The van der Waals surface area contributed by atoms with Gasteiger partial charge in [0.1, 0.15) is 5.75 Å². The molecule has 2 amide bonds. The number of carbonyl (C=O) groups is 2. The minimum absolute atomic E-state index is 0.0717. The van der Waals surface area contributed by atoms with Crippen molar-refractivity contribution in [3.8, 4) is 5.75 Å². The molecule has 0 aromatic heterocycles. The molecule has 0 bridgehead atoms. The average molecular weight is 411 g/mol. The van der Waals surface area contributed by atoms with Gasteiger partial charge in [0.15, 0.2) is 0 Å². The monoisotopic (exact) mass is 410 g/mol. The van der Waals surface area contributed by atoms with Gasteiger partial charge in [-0.3, -0.25) is 10.1 Å². The fourth-order valence-corrected chi connectivity index (χ4v) is 2.63. The predicted molar refractivity (Wildman–Crippen MR) is 106 cm³/mol. The summed E-state index contributed by atoms with van der Waals surface area (Å²) in [5, 5.41) is 6.38. The number of anilines is 1. The van der Waals surface area contributed by atoms with Crippen molar-refractivity contribution in [2.45, 2.75) is 19.4 Å². The van der Waals surface area contributed by atoms with Crippen LogP contribution in [-0.4, -0.2) is 25.7 Å². The molecule has 2 aromatic rings. The molecule has 2 rings (SSSR count). The van der Waals surface area contributed by atoms with Crippen molar-refractivity contribution in [1.82, 2.24) is 5.32 Å². The molecule has 0 saturated carbocycles. The summed E-state index contributed by atoms with van der Waals surface area (Å²) in [6, 6.07) is 12.1. The van der Waals surface area contributed by atoms with Crippen LogP contribution in [0.2, 0.25) is 10.0 Å². The van der Waals surface area contributed by atoms with Gasteiger partial charge in [-0.1, -0.05) is 35.3 Å². The molecule has 27 heavy (non-hydrogen) atoms. The molecule has 0 aliphatic rings. The van der Waals surface area contributed by atoms with Gasteiger partial charge in [-0.2, -0.15) is 0 Å². The van der Waals surface area contributed by atoms with Crippen LogP contribution in [0.4, 0.5) is 10.5 Å². The maximum Gasteiger partial charge on any atom is 0.411 e.